The molecule has 0 saturated heterocycles. The zero-order valence-electron chi connectivity index (χ0n) is 16.3. The normalized spacial score (nSPS) is 11.8. The maximum absolute atomic E-state index is 13.5. The van der Waals surface area contributed by atoms with Crippen LogP contribution < -0.4 is 5.32 Å². The molecule has 1 unspecified atom stereocenters. The number of nitrogens with zero attached hydrogens (tertiary/aromatic N) is 2. The van der Waals surface area contributed by atoms with Crippen molar-refractivity contribution in [1.82, 2.24) is 14.9 Å². The first kappa shape index (κ1) is 20.8. The molecule has 7 heteroatoms. The van der Waals surface area contributed by atoms with E-state index in [1.165, 1.54) is 30.8 Å². The van der Waals surface area contributed by atoms with E-state index in [4.69, 9.17) is 0 Å². The Labute approximate surface area is 173 Å². The Morgan fingerprint density at radius 1 is 1.21 bits per heavy atom. The molecule has 0 fully saturated rings. The highest BCUT2D eigenvalue weighted by molar-refractivity contribution is 8.00. The fraction of sp³-hybridized carbons (Fsp3) is 0.227. The molecule has 5 nitrogen and oxygen atoms in total. The fourth-order valence-electron chi connectivity index (χ4n) is 2.86. The average Bonchev–Trinajstić information content (AvgIpc) is 3.16. The summed E-state index contributed by atoms with van der Waals surface area (Å²) in [4.78, 5) is 28.1. The van der Waals surface area contributed by atoms with Gasteiger partial charge in [-0.15, -0.1) is 0 Å². The van der Waals surface area contributed by atoms with Gasteiger partial charge >= 0.3 is 0 Å². The summed E-state index contributed by atoms with van der Waals surface area (Å²) in [5.74, 6) is -0.383. The molecule has 0 radical (unpaired) electrons. The summed E-state index contributed by atoms with van der Waals surface area (Å²) in [6.45, 7) is 3.89. The van der Waals surface area contributed by atoms with Crippen molar-refractivity contribution < 1.29 is 14.0 Å². The Morgan fingerprint density at radius 3 is 2.66 bits per heavy atom. The second-order valence-corrected chi connectivity index (χ2v) is 7.92. The second kappa shape index (κ2) is 9.52. The molecule has 0 aliphatic carbocycles. The minimum atomic E-state index is -0.352. The lowest BCUT2D eigenvalue weighted by Gasteiger charge is -2.12. The third-order valence-electron chi connectivity index (χ3n) is 4.37. The van der Waals surface area contributed by atoms with Crippen molar-refractivity contribution in [2.75, 3.05) is 6.54 Å². The first-order valence-corrected chi connectivity index (χ1v) is 10.2. The number of aromatic nitrogens is 2. The molecular formula is C22H22FN3O2S. The third-order valence-corrected chi connectivity index (χ3v) is 5.45. The van der Waals surface area contributed by atoms with Crippen molar-refractivity contribution in [3.8, 4) is 5.69 Å². The van der Waals surface area contributed by atoms with Gasteiger partial charge in [0.05, 0.1) is 10.9 Å². The van der Waals surface area contributed by atoms with E-state index in [0.717, 1.165) is 5.56 Å². The second-order valence-electron chi connectivity index (χ2n) is 6.61. The van der Waals surface area contributed by atoms with Gasteiger partial charge in [0, 0.05) is 31.4 Å². The number of carbonyl (C=O) groups is 2. The van der Waals surface area contributed by atoms with E-state index in [1.54, 1.807) is 29.1 Å². The van der Waals surface area contributed by atoms with E-state index in [0.29, 0.717) is 29.4 Å². The van der Waals surface area contributed by atoms with E-state index in [-0.39, 0.29) is 22.8 Å². The maximum atomic E-state index is 13.5. The van der Waals surface area contributed by atoms with Crippen LogP contribution in [0.5, 0.6) is 0 Å². The van der Waals surface area contributed by atoms with Gasteiger partial charge in [-0.25, -0.2) is 9.37 Å². The first-order chi connectivity index (χ1) is 13.9. The summed E-state index contributed by atoms with van der Waals surface area (Å²) in [6.07, 6.45) is 4.09. The number of halogens is 1. The molecule has 3 aromatic rings. The molecule has 3 rings (SSSR count). The number of Topliss-reactive ketones (excluding diaryl/α,β-unsaturated/α-hetero) is 1. The van der Waals surface area contributed by atoms with E-state index >= 15 is 0 Å². The van der Waals surface area contributed by atoms with E-state index in [1.807, 2.05) is 31.2 Å². The molecular weight excluding hydrogens is 389 g/mol. The molecule has 0 saturated carbocycles. The zero-order chi connectivity index (χ0) is 20.8. The van der Waals surface area contributed by atoms with Crippen LogP contribution in [0.4, 0.5) is 4.39 Å². The first-order valence-electron chi connectivity index (χ1n) is 9.27. The number of imidazole rings is 1. The molecule has 0 spiro atoms. The molecule has 1 N–H and O–H groups in total. The number of hydrogen-bond donors (Lipinski definition) is 1. The summed E-state index contributed by atoms with van der Waals surface area (Å²) in [6, 6.07) is 13.7. The van der Waals surface area contributed by atoms with Crippen LogP contribution >= 0.6 is 11.8 Å². The van der Waals surface area contributed by atoms with Gasteiger partial charge in [0.25, 0.3) is 0 Å². The van der Waals surface area contributed by atoms with Crippen LogP contribution in [0.1, 0.15) is 29.8 Å². The molecule has 1 aromatic heterocycles. The molecule has 0 bridgehead atoms. The van der Waals surface area contributed by atoms with Crippen molar-refractivity contribution in [3.05, 3.63) is 77.9 Å². The highest BCUT2D eigenvalue weighted by Crippen LogP contribution is 2.27. The van der Waals surface area contributed by atoms with Gasteiger partial charge in [0.2, 0.25) is 5.91 Å². The minimum absolute atomic E-state index is 0.00259. The standard InChI is InChI=1S/C22H22FN3O2S/c1-15(21(28)18-8-6-17(7-9-18)10-11-24-16(2)27)29-22-25-12-13-26(22)20-5-3-4-19(23)14-20/h3-9,12-15H,10-11H2,1-2H3,(H,24,27). The summed E-state index contributed by atoms with van der Waals surface area (Å²) in [7, 11) is 0. The van der Waals surface area contributed by atoms with Crippen LogP contribution in [-0.2, 0) is 11.2 Å². The number of benzene rings is 2. The largest absolute Gasteiger partial charge is 0.356 e. The Hall–Kier alpha value is -2.93. The lowest BCUT2D eigenvalue weighted by molar-refractivity contribution is -0.118. The number of hydrogen-bond acceptors (Lipinski definition) is 4. The quantitative estimate of drug-likeness (QED) is 0.449. The minimum Gasteiger partial charge on any atom is -0.356 e. The number of nitrogens with one attached hydrogen (secondary N) is 1. The highest BCUT2D eigenvalue weighted by atomic mass is 32.2. The van der Waals surface area contributed by atoms with Crippen molar-refractivity contribution >= 4 is 23.5 Å². The van der Waals surface area contributed by atoms with Crippen LogP contribution in [0, 0.1) is 5.82 Å². The molecule has 0 aliphatic heterocycles. The van der Waals surface area contributed by atoms with Crippen molar-refractivity contribution in [2.45, 2.75) is 30.7 Å². The fourth-order valence-corrected chi connectivity index (χ4v) is 3.83. The smallest absolute Gasteiger partial charge is 0.216 e. The molecule has 1 atom stereocenters. The summed E-state index contributed by atoms with van der Waals surface area (Å²) in [5, 5.41) is 3.03. The van der Waals surface area contributed by atoms with E-state index in [9.17, 15) is 14.0 Å². The predicted molar refractivity (Wildman–Crippen MR) is 112 cm³/mol. The summed E-state index contributed by atoms with van der Waals surface area (Å²) in [5.41, 5.74) is 2.34. The average molecular weight is 412 g/mol. The highest BCUT2D eigenvalue weighted by Gasteiger charge is 2.19. The molecule has 150 valence electrons. The van der Waals surface area contributed by atoms with E-state index < -0.39 is 0 Å². The van der Waals surface area contributed by atoms with Crippen molar-refractivity contribution in [3.63, 3.8) is 0 Å². The number of carbonyl (C=O) groups excluding carboxylic acids is 2. The Morgan fingerprint density at radius 2 is 1.97 bits per heavy atom. The van der Waals surface area contributed by atoms with Gasteiger partial charge < -0.3 is 5.32 Å². The van der Waals surface area contributed by atoms with Crippen LogP contribution in [0.15, 0.2) is 66.1 Å². The van der Waals surface area contributed by atoms with Gasteiger partial charge in [-0.1, -0.05) is 42.1 Å². The maximum Gasteiger partial charge on any atom is 0.216 e. The van der Waals surface area contributed by atoms with Crippen LogP contribution in [0.3, 0.4) is 0 Å². The lowest BCUT2D eigenvalue weighted by atomic mass is 10.0. The van der Waals surface area contributed by atoms with Crippen molar-refractivity contribution in [2.24, 2.45) is 0 Å². The monoisotopic (exact) mass is 411 g/mol. The van der Waals surface area contributed by atoms with Gasteiger partial charge in [0.15, 0.2) is 10.9 Å². The Balaban J connectivity index is 1.66. The Kier molecular flexibility index (Phi) is 6.82. The number of amides is 1. The number of rotatable bonds is 8. The van der Waals surface area contributed by atoms with Gasteiger partial charge in [0.1, 0.15) is 5.82 Å². The predicted octanol–water partition coefficient (Wildman–Crippen LogP) is 4.05. The van der Waals surface area contributed by atoms with Crippen LogP contribution in [0.25, 0.3) is 5.69 Å². The Bertz CT molecular complexity index is 1000. The molecule has 2 aromatic carbocycles. The van der Waals surface area contributed by atoms with Gasteiger partial charge in [-0.2, -0.15) is 0 Å². The third kappa shape index (κ3) is 5.54. The summed E-state index contributed by atoms with van der Waals surface area (Å²) >= 11 is 1.33. The number of ketones is 1. The number of thioether (sulfide) groups is 1. The zero-order valence-corrected chi connectivity index (χ0v) is 17.1. The molecule has 1 amide bonds. The van der Waals surface area contributed by atoms with Gasteiger partial charge in [-0.3, -0.25) is 14.2 Å². The molecule has 1 heterocycles. The molecule has 29 heavy (non-hydrogen) atoms. The SMILES string of the molecule is CC(=O)NCCc1ccc(C(=O)C(C)Sc2nccn2-c2cccc(F)c2)cc1. The van der Waals surface area contributed by atoms with Crippen LogP contribution in [-0.4, -0.2) is 33.0 Å². The van der Waals surface area contributed by atoms with Crippen LogP contribution in [0.2, 0.25) is 0 Å². The summed E-state index contributed by atoms with van der Waals surface area (Å²) < 4.78 is 15.3. The molecule has 0 aliphatic rings. The van der Waals surface area contributed by atoms with Gasteiger partial charge in [-0.05, 0) is 37.1 Å². The van der Waals surface area contributed by atoms with Crippen molar-refractivity contribution in [1.29, 1.82) is 0 Å². The topological polar surface area (TPSA) is 64.0 Å². The lowest BCUT2D eigenvalue weighted by Crippen LogP contribution is -2.22. The van der Waals surface area contributed by atoms with E-state index in [2.05, 4.69) is 10.3 Å².